The molecule has 2 aromatic carbocycles. The van der Waals surface area contributed by atoms with Gasteiger partial charge in [-0.2, -0.15) is 0 Å². The van der Waals surface area contributed by atoms with Crippen LogP contribution in [0.1, 0.15) is 11.3 Å². The van der Waals surface area contributed by atoms with E-state index >= 15 is 0 Å². The van der Waals surface area contributed by atoms with Gasteiger partial charge < -0.3 is 14.9 Å². The summed E-state index contributed by atoms with van der Waals surface area (Å²) in [5, 5.41) is 4.01. The van der Waals surface area contributed by atoms with Crippen molar-refractivity contribution in [1.82, 2.24) is 14.5 Å². The Morgan fingerprint density at radius 3 is 2.79 bits per heavy atom. The highest BCUT2D eigenvalue weighted by atomic mass is 16.1. The van der Waals surface area contributed by atoms with Crippen molar-refractivity contribution < 1.29 is 4.79 Å². The van der Waals surface area contributed by atoms with Crippen molar-refractivity contribution >= 4 is 22.5 Å². The van der Waals surface area contributed by atoms with Crippen LogP contribution < -0.4 is 10.9 Å². The van der Waals surface area contributed by atoms with E-state index in [2.05, 4.69) is 15.3 Å². The van der Waals surface area contributed by atoms with Crippen LogP contribution >= 0.6 is 0 Å². The highest BCUT2D eigenvalue weighted by molar-refractivity contribution is 5.96. The Labute approximate surface area is 161 Å². The number of aromatic nitrogens is 3. The molecular weight excluding hydrogens is 352 g/mol. The molecule has 0 saturated carbocycles. The summed E-state index contributed by atoms with van der Waals surface area (Å²) in [7, 11) is 1.98. The first-order valence-corrected chi connectivity index (χ1v) is 9.01. The molecule has 6 nitrogen and oxygen atoms in total. The van der Waals surface area contributed by atoms with Gasteiger partial charge in [-0.15, -0.1) is 0 Å². The van der Waals surface area contributed by atoms with E-state index in [1.54, 1.807) is 13.0 Å². The fourth-order valence-electron chi connectivity index (χ4n) is 3.40. The number of benzene rings is 2. The molecule has 0 unspecified atom stereocenters. The first-order chi connectivity index (χ1) is 13.5. The Hall–Kier alpha value is -3.67. The maximum absolute atomic E-state index is 12.6. The summed E-state index contributed by atoms with van der Waals surface area (Å²) >= 11 is 0. The van der Waals surface area contributed by atoms with Crippen LogP contribution in [0, 0.1) is 6.92 Å². The molecule has 0 aliphatic heterocycles. The zero-order valence-corrected chi connectivity index (χ0v) is 15.7. The number of nitrogens with one attached hydrogen (secondary N) is 2. The Morgan fingerprint density at radius 2 is 1.96 bits per heavy atom. The minimum Gasteiger partial charge on any atom is -0.350 e. The van der Waals surface area contributed by atoms with Crippen molar-refractivity contribution in [2.24, 2.45) is 7.05 Å². The third-order valence-electron chi connectivity index (χ3n) is 4.62. The molecule has 140 valence electrons. The monoisotopic (exact) mass is 372 g/mol. The smallest absolute Gasteiger partial charge is 0.251 e. The number of carbonyl (C=O) groups is 1. The third-order valence-corrected chi connectivity index (χ3v) is 4.62. The molecule has 0 aliphatic carbocycles. The number of hydrogen-bond acceptors (Lipinski definition) is 3. The van der Waals surface area contributed by atoms with Gasteiger partial charge in [0.15, 0.2) is 0 Å². The van der Waals surface area contributed by atoms with E-state index in [1.807, 2.05) is 60.3 Å². The first-order valence-electron chi connectivity index (χ1n) is 9.01. The number of carbonyl (C=O) groups excluding carboxylic acids is 1. The van der Waals surface area contributed by atoms with Gasteiger partial charge in [0.1, 0.15) is 5.82 Å². The molecule has 2 heterocycles. The molecule has 4 rings (SSSR count). The van der Waals surface area contributed by atoms with Crippen molar-refractivity contribution in [1.29, 1.82) is 0 Å². The number of anilines is 1. The van der Waals surface area contributed by atoms with Gasteiger partial charge in [0, 0.05) is 47.2 Å². The van der Waals surface area contributed by atoms with Gasteiger partial charge in [-0.3, -0.25) is 9.59 Å². The van der Waals surface area contributed by atoms with Gasteiger partial charge in [-0.1, -0.05) is 30.3 Å². The van der Waals surface area contributed by atoms with Gasteiger partial charge in [-0.05, 0) is 30.7 Å². The lowest BCUT2D eigenvalue weighted by Gasteiger charge is -2.07. The SMILES string of the molecule is Cc1cc(=O)[nH]c(-c2cccc(NC(=O)Cc3cn(C)c4ccccc34)c2)n1. The topological polar surface area (TPSA) is 79.8 Å². The number of hydrogen-bond donors (Lipinski definition) is 2. The Bertz CT molecular complexity index is 1240. The van der Waals surface area contributed by atoms with E-state index in [9.17, 15) is 9.59 Å². The predicted octanol–water partition coefficient (Wildman–Crippen LogP) is 3.42. The summed E-state index contributed by atoms with van der Waals surface area (Å²) in [6.45, 7) is 1.77. The quantitative estimate of drug-likeness (QED) is 0.576. The molecule has 0 fully saturated rings. The van der Waals surface area contributed by atoms with Crippen LogP contribution in [-0.2, 0) is 18.3 Å². The van der Waals surface area contributed by atoms with Gasteiger partial charge in [-0.25, -0.2) is 4.98 Å². The molecule has 0 aliphatic rings. The standard InChI is InChI=1S/C22H20N4O2/c1-14-10-20(27)25-22(23-14)15-6-5-7-17(11-15)24-21(28)12-16-13-26(2)19-9-4-3-8-18(16)19/h3-11,13H,12H2,1-2H3,(H,24,28)(H,23,25,27). The fourth-order valence-corrected chi connectivity index (χ4v) is 3.40. The van der Waals surface area contributed by atoms with E-state index in [1.165, 1.54) is 6.07 Å². The number of rotatable bonds is 4. The molecular formula is C22H20N4O2. The largest absolute Gasteiger partial charge is 0.350 e. The number of amides is 1. The molecule has 0 atom stereocenters. The summed E-state index contributed by atoms with van der Waals surface area (Å²) in [6, 6.07) is 16.8. The van der Waals surface area contributed by atoms with Crippen molar-refractivity contribution in [2.75, 3.05) is 5.32 Å². The lowest BCUT2D eigenvalue weighted by atomic mass is 10.1. The lowest BCUT2D eigenvalue weighted by Crippen LogP contribution is -2.14. The summed E-state index contributed by atoms with van der Waals surface area (Å²) < 4.78 is 2.03. The number of nitrogens with zero attached hydrogens (tertiary/aromatic N) is 2. The number of aryl methyl sites for hydroxylation is 2. The van der Waals surface area contributed by atoms with Crippen molar-refractivity contribution in [3.63, 3.8) is 0 Å². The average molecular weight is 372 g/mol. The molecule has 0 saturated heterocycles. The van der Waals surface area contributed by atoms with Crippen molar-refractivity contribution in [2.45, 2.75) is 13.3 Å². The summed E-state index contributed by atoms with van der Waals surface area (Å²) in [6.07, 6.45) is 2.27. The summed E-state index contributed by atoms with van der Waals surface area (Å²) in [5.41, 5.74) is 3.92. The molecule has 2 N–H and O–H groups in total. The molecule has 2 aromatic heterocycles. The molecule has 0 radical (unpaired) electrons. The van der Waals surface area contributed by atoms with Crippen molar-refractivity contribution in [3.05, 3.63) is 82.4 Å². The maximum atomic E-state index is 12.6. The minimum absolute atomic E-state index is 0.0980. The van der Waals surface area contributed by atoms with Crippen LogP contribution in [0.2, 0.25) is 0 Å². The highest BCUT2D eigenvalue weighted by Crippen LogP contribution is 2.22. The van der Waals surface area contributed by atoms with Crippen LogP contribution in [0.15, 0.2) is 65.6 Å². The van der Waals surface area contributed by atoms with Crippen molar-refractivity contribution in [3.8, 4) is 11.4 Å². The number of fused-ring (bicyclic) bond motifs is 1. The molecule has 1 amide bonds. The molecule has 28 heavy (non-hydrogen) atoms. The molecule has 4 aromatic rings. The number of H-pyrrole nitrogens is 1. The third kappa shape index (κ3) is 3.57. The average Bonchev–Trinajstić information content (AvgIpc) is 2.97. The van der Waals surface area contributed by atoms with E-state index in [4.69, 9.17) is 0 Å². The molecule has 0 spiro atoms. The van der Waals surface area contributed by atoms with Gasteiger partial charge in [0.2, 0.25) is 5.91 Å². The minimum atomic E-state index is -0.201. The van der Waals surface area contributed by atoms with Crippen LogP contribution in [0.4, 0.5) is 5.69 Å². The van der Waals surface area contributed by atoms with E-state index in [0.29, 0.717) is 17.2 Å². The van der Waals surface area contributed by atoms with E-state index < -0.39 is 0 Å². The lowest BCUT2D eigenvalue weighted by molar-refractivity contribution is -0.115. The maximum Gasteiger partial charge on any atom is 0.251 e. The van der Waals surface area contributed by atoms with Crippen LogP contribution in [-0.4, -0.2) is 20.4 Å². The van der Waals surface area contributed by atoms with Crippen LogP contribution in [0.3, 0.4) is 0 Å². The molecule has 6 heteroatoms. The van der Waals surface area contributed by atoms with Gasteiger partial charge in [0.25, 0.3) is 5.56 Å². The Balaban J connectivity index is 1.56. The molecule has 0 bridgehead atoms. The van der Waals surface area contributed by atoms with Crippen LogP contribution in [0.25, 0.3) is 22.3 Å². The zero-order chi connectivity index (χ0) is 19.7. The second kappa shape index (κ2) is 7.15. The number of aromatic amines is 1. The second-order valence-corrected chi connectivity index (χ2v) is 6.82. The zero-order valence-electron chi connectivity index (χ0n) is 15.7. The first kappa shape index (κ1) is 17.7. The van der Waals surface area contributed by atoms with Gasteiger partial charge >= 0.3 is 0 Å². The number of para-hydroxylation sites is 1. The van der Waals surface area contributed by atoms with E-state index in [0.717, 1.165) is 22.0 Å². The predicted molar refractivity (Wildman–Crippen MR) is 110 cm³/mol. The highest BCUT2D eigenvalue weighted by Gasteiger charge is 2.11. The fraction of sp³-hybridized carbons (Fsp3) is 0.136. The second-order valence-electron chi connectivity index (χ2n) is 6.82. The Morgan fingerprint density at radius 1 is 1.14 bits per heavy atom. The Kier molecular flexibility index (Phi) is 4.53. The van der Waals surface area contributed by atoms with Gasteiger partial charge in [0.05, 0.1) is 6.42 Å². The summed E-state index contributed by atoms with van der Waals surface area (Å²) in [5.74, 6) is 0.384. The normalized spacial score (nSPS) is 10.9. The van der Waals surface area contributed by atoms with E-state index in [-0.39, 0.29) is 17.9 Å². The van der Waals surface area contributed by atoms with Crippen LogP contribution in [0.5, 0.6) is 0 Å². The summed E-state index contributed by atoms with van der Waals surface area (Å²) in [4.78, 5) is 31.4.